The largest absolute Gasteiger partial charge is 0.384 e. The third-order valence-electron chi connectivity index (χ3n) is 2.12. The zero-order valence-corrected chi connectivity index (χ0v) is 10.4. The Morgan fingerprint density at radius 1 is 1.43 bits per heavy atom. The van der Waals surface area contributed by atoms with E-state index in [2.05, 4.69) is 39.2 Å². The van der Waals surface area contributed by atoms with E-state index < -0.39 is 0 Å². The van der Waals surface area contributed by atoms with Crippen LogP contribution in [0, 0.1) is 6.92 Å². The van der Waals surface area contributed by atoms with Crippen LogP contribution in [0.2, 0.25) is 0 Å². The number of rotatable bonds is 5. The van der Waals surface area contributed by atoms with Gasteiger partial charge >= 0.3 is 0 Å². The van der Waals surface area contributed by atoms with E-state index >= 15 is 0 Å². The van der Waals surface area contributed by atoms with E-state index in [1.807, 2.05) is 13.1 Å². The summed E-state index contributed by atoms with van der Waals surface area (Å²) in [5.74, 6) is 0. The number of unbranched alkanes of at least 4 members (excludes halogenated alkanes) is 2. The Bertz CT molecular complexity index is 287. The number of halogens is 1. The molecule has 1 heterocycles. The summed E-state index contributed by atoms with van der Waals surface area (Å²) in [5, 5.41) is 3.36. The highest BCUT2D eigenvalue weighted by Gasteiger charge is 1.97. The molecular weight excluding hydrogens is 240 g/mol. The van der Waals surface area contributed by atoms with Crippen molar-refractivity contribution in [3.63, 3.8) is 0 Å². The number of hydrogen-bond acceptors (Lipinski definition) is 2. The van der Waals surface area contributed by atoms with Crippen LogP contribution < -0.4 is 5.32 Å². The standard InChI is InChI=1S/C11H17BrN2/c1-3-4-5-6-13-10-7-9(2)11(12)14-8-10/h7-8,13H,3-6H2,1-2H3. The number of pyridine rings is 1. The molecule has 0 unspecified atom stereocenters. The molecule has 0 radical (unpaired) electrons. The van der Waals surface area contributed by atoms with Crippen LogP contribution in [0.4, 0.5) is 5.69 Å². The van der Waals surface area contributed by atoms with Crippen molar-refractivity contribution < 1.29 is 0 Å². The van der Waals surface area contributed by atoms with Crippen molar-refractivity contribution in [1.29, 1.82) is 0 Å². The lowest BCUT2D eigenvalue weighted by Crippen LogP contribution is -2.02. The maximum atomic E-state index is 4.23. The summed E-state index contributed by atoms with van der Waals surface area (Å²) in [6, 6.07) is 2.11. The predicted molar refractivity (Wildman–Crippen MR) is 64.7 cm³/mol. The quantitative estimate of drug-likeness (QED) is 0.641. The third-order valence-corrected chi connectivity index (χ3v) is 2.95. The Hall–Kier alpha value is -0.570. The van der Waals surface area contributed by atoms with Crippen LogP contribution in [-0.4, -0.2) is 11.5 Å². The second-order valence-corrected chi connectivity index (χ2v) is 4.22. The minimum atomic E-state index is 0.927. The molecule has 0 aliphatic carbocycles. The first-order valence-corrected chi connectivity index (χ1v) is 5.89. The minimum Gasteiger partial charge on any atom is -0.384 e. The number of aromatic nitrogens is 1. The lowest BCUT2D eigenvalue weighted by molar-refractivity contribution is 0.743. The van der Waals surface area contributed by atoms with Crippen molar-refractivity contribution in [1.82, 2.24) is 4.98 Å². The van der Waals surface area contributed by atoms with E-state index in [1.54, 1.807) is 0 Å². The van der Waals surface area contributed by atoms with Gasteiger partial charge in [-0.15, -0.1) is 0 Å². The molecule has 0 aliphatic heterocycles. The van der Waals surface area contributed by atoms with E-state index in [0.717, 1.165) is 16.8 Å². The summed E-state index contributed by atoms with van der Waals surface area (Å²) in [7, 11) is 0. The molecule has 0 saturated heterocycles. The van der Waals surface area contributed by atoms with Crippen molar-refractivity contribution in [2.75, 3.05) is 11.9 Å². The average molecular weight is 257 g/mol. The number of anilines is 1. The van der Waals surface area contributed by atoms with Gasteiger partial charge in [0.25, 0.3) is 0 Å². The first-order chi connectivity index (χ1) is 6.74. The molecule has 0 bridgehead atoms. The van der Waals surface area contributed by atoms with Gasteiger partial charge in [0.15, 0.2) is 0 Å². The van der Waals surface area contributed by atoms with Crippen LogP contribution in [-0.2, 0) is 0 Å². The third kappa shape index (κ3) is 3.66. The molecule has 14 heavy (non-hydrogen) atoms. The lowest BCUT2D eigenvalue weighted by Gasteiger charge is -2.06. The highest BCUT2D eigenvalue weighted by Crippen LogP contribution is 2.16. The number of nitrogens with one attached hydrogen (secondary N) is 1. The molecule has 0 aromatic carbocycles. The molecule has 3 heteroatoms. The topological polar surface area (TPSA) is 24.9 Å². The smallest absolute Gasteiger partial charge is 0.109 e. The van der Waals surface area contributed by atoms with Crippen LogP contribution in [0.3, 0.4) is 0 Å². The molecule has 0 amide bonds. The molecule has 0 spiro atoms. The van der Waals surface area contributed by atoms with E-state index in [0.29, 0.717) is 0 Å². The zero-order chi connectivity index (χ0) is 10.4. The second kappa shape index (κ2) is 6.02. The minimum absolute atomic E-state index is 0.927. The fourth-order valence-corrected chi connectivity index (χ4v) is 1.48. The number of nitrogens with zero attached hydrogens (tertiary/aromatic N) is 1. The second-order valence-electron chi connectivity index (χ2n) is 3.47. The van der Waals surface area contributed by atoms with E-state index in [9.17, 15) is 0 Å². The monoisotopic (exact) mass is 256 g/mol. The summed E-state index contributed by atoms with van der Waals surface area (Å²) >= 11 is 3.38. The molecule has 2 nitrogen and oxygen atoms in total. The van der Waals surface area contributed by atoms with E-state index in [4.69, 9.17) is 0 Å². The predicted octanol–water partition coefficient (Wildman–Crippen LogP) is 3.75. The van der Waals surface area contributed by atoms with Gasteiger partial charge in [-0.2, -0.15) is 0 Å². The first kappa shape index (κ1) is 11.5. The summed E-state index contributed by atoms with van der Waals surface area (Å²) < 4.78 is 0.927. The van der Waals surface area contributed by atoms with Crippen molar-refractivity contribution in [3.05, 3.63) is 22.4 Å². The van der Waals surface area contributed by atoms with Gasteiger partial charge in [0.1, 0.15) is 4.60 Å². The van der Waals surface area contributed by atoms with Crippen LogP contribution in [0.1, 0.15) is 31.7 Å². The molecular formula is C11H17BrN2. The van der Waals surface area contributed by atoms with Crippen molar-refractivity contribution in [2.45, 2.75) is 33.1 Å². The van der Waals surface area contributed by atoms with Crippen molar-refractivity contribution in [2.24, 2.45) is 0 Å². The highest BCUT2D eigenvalue weighted by atomic mass is 79.9. The molecule has 0 saturated carbocycles. The summed E-state index contributed by atoms with van der Waals surface area (Å²) in [4.78, 5) is 4.23. The summed E-state index contributed by atoms with van der Waals surface area (Å²) in [6.07, 6.45) is 5.64. The van der Waals surface area contributed by atoms with Gasteiger partial charge in [0.05, 0.1) is 11.9 Å². The van der Waals surface area contributed by atoms with Crippen LogP contribution >= 0.6 is 15.9 Å². The van der Waals surface area contributed by atoms with Crippen LogP contribution in [0.15, 0.2) is 16.9 Å². The highest BCUT2D eigenvalue weighted by molar-refractivity contribution is 9.10. The van der Waals surface area contributed by atoms with Crippen LogP contribution in [0.5, 0.6) is 0 Å². The van der Waals surface area contributed by atoms with Crippen molar-refractivity contribution in [3.8, 4) is 0 Å². The first-order valence-electron chi connectivity index (χ1n) is 5.10. The molecule has 78 valence electrons. The molecule has 1 rings (SSSR count). The molecule has 0 atom stereocenters. The fraction of sp³-hybridized carbons (Fsp3) is 0.545. The maximum Gasteiger partial charge on any atom is 0.109 e. The fourth-order valence-electron chi connectivity index (χ4n) is 1.26. The van der Waals surface area contributed by atoms with Crippen LogP contribution in [0.25, 0.3) is 0 Å². The molecule has 1 aromatic heterocycles. The van der Waals surface area contributed by atoms with Gasteiger partial charge < -0.3 is 5.32 Å². The Balaban J connectivity index is 2.39. The SMILES string of the molecule is CCCCCNc1cnc(Br)c(C)c1. The summed E-state index contributed by atoms with van der Waals surface area (Å²) in [5.41, 5.74) is 2.28. The summed E-state index contributed by atoms with van der Waals surface area (Å²) in [6.45, 7) is 5.30. The lowest BCUT2D eigenvalue weighted by atomic mass is 10.2. The van der Waals surface area contributed by atoms with Gasteiger partial charge in [-0.3, -0.25) is 0 Å². The van der Waals surface area contributed by atoms with Crippen molar-refractivity contribution >= 4 is 21.6 Å². The van der Waals surface area contributed by atoms with Gasteiger partial charge in [-0.25, -0.2) is 4.98 Å². The van der Waals surface area contributed by atoms with Gasteiger partial charge in [-0.1, -0.05) is 19.8 Å². The van der Waals surface area contributed by atoms with E-state index in [1.165, 1.54) is 24.8 Å². The molecule has 1 N–H and O–H groups in total. The number of aryl methyl sites for hydroxylation is 1. The molecule has 0 aliphatic rings. The Kier molecular flexibility index (Phi) is 4.94. The van der Waals surface area contributed by atoms with E-state index in [-0.39, 0.29) is 0 Å². The zero-order valence-electron chi connectivity index (χ0n) is 8.81. The Morgan fingerprint density at radius 3 is 2.86 bits per heavy atom. The average Bonchev–Trinajstić information content (AvgIpc) is 2.18. The number of hydrogen-bond donors (Lipinski definition) is 1. The van der Waals surface area contributed by atoms with Gasteiger partial charge in [0.2, 0.25) is 0 Å². The van der Waals surface area contributed by atoms with Gasteiger partial charge in [0, 0.05) is 6.54 Å². The normalized spacial score (nSPS) is 10.2. The Morgan fingerprint density at radius 2 is 2.21 bits per heavy atom. The maximum absolute atomic E-state index is 4.23. The molecule has 0 fully saturated rings. The Labute approximate surface area is 94.3 Å². The molecule has 1 aromatic rings. The van der Waals surface area contributed by atoms with Gasteiger partial charge in [-0.05, 0) is 40.9 Å².